The first kappa shape index (κ1) is 21.5. The number of hydrogen-bond donors (Lipinski definition) is 1. The molecule has 1 aliphatic rings. The standard InChI is InChI=1S/C23H24ClN5OS/c24-19-8-9-21(25-16-19)27-23-26-20(17-31-23)15-22(30)29-13-11-28(12-14-29)10-4-7-18-5-2-1-3-6-18/h1-9,16-17H,10-15H2,(H,25,26,27)/b7-4+. The lowest BCUT2D eigenvalue weighted by atomic mass is 10.2. The highest BCUT2D eigenvalue weighted by atomic mass is 35.5. The van der Waals surface area contributed by atoms with Crippen LogP contribution in [0.2, 0.25) is 5.02 Å². The van der Waals surface area contributed by atoms with Crippen molar-refractivity contribution in [3.63, 3.8) is 0 Å². The van der Waals surface area contributed by atoms with Gasteiger partial charge in [0.2, 0.25) is 5.91 Å². The van der Waals surface area contributed by atoms with E-state index in [4.69, 9.17) is 11.6 Å². The second-order valence-corrected chi connectivity index (χ2v) is 8.60. The molecule has 31 heavy (non-hydrogen) atoms. The van der Waals surface area contributed by atoms with E-state index in [2.05, 4.69) is 44.5 Å². The molecule has 0 aliphatic carbocycles. The van der Waals surface area contributed by atoms with Crippen molar-refractivity contribution in [1.29, 1.82) is 0 Å². The van der Waals surface area contributed by atoms with Gasteiger partial charge in [-0.15, -0.1) is 11.3 Å². The summed E-state index contributed by atoms with van der Waals surface area (Å²) in [6.45, 7) is 4.18. The second kappa shape index (κ2) is 10.5. The first-order valence-corrected chi connectivity index (χ1v) is 11.5. The summed E-state index contributed by atoms with van der Waals surface area (Å²) in [6.07, 6.45) is 6.23. The Kier molecular flexibility index (Phi) is 7.30. The fourth-order valence-electron chi connectivity index (χ4n) is 3.35. The molecule has 0 atom stereocenters. The van der Waals surface area contributed by atoms with Crippen LogP contribution in [-0.2, 0) is 11.2 Å². The van der Waals surface area contributed by atoms with Crippen molar-refractivity contribution in [2.45, 2.75) is 6.42 Å². The number of pyridine rings is 1. The molecule has 6 nitrogen and oxygen atoms in total. The van der Waals surface area contributed by atoms with Crippen molar-refractivity contribution >= 4 is 45.9 Å². The number of thiazole rings is 1. The molecule has 4 rings (SSSR count). The van der Waals surface area contributed by atoms with Gasteiger partial charge in [0.25, 0.3) is 0 Å². The highest BCUT2D eigenvalue weighted by Gasteiger charge is 2.21. The summed E-state index contributed by atoms with van der Waals surface area (Å²) in [5.41, 5.74) is 1.99. The molecule has 0 saturated carbocycles. The van der Waals surface area contributed by atoms with Crippen molar-refractivity contribution in [3.8, 4) is 0 Å². The predicted molar refractivity (Wildman–Crippen MR) is 127 cm³/mol. The molecule has 1 amide bonds. The Hall–Kier alpha value is -2.74. The number of rotatable bonds is 7. The average Bonchev–Trinajstić information content (AvgIpc) is 3.23. The fourth-order valence-corrected chi connectivity index (χ4v) is 4.18. The molecular formula is C23H24ClN5OS. The van der Waals surface area contributed by atoms with Gasteiger partial charge in [-0.05, 0) is 17.7 Å². The maximum Gasteiger partial charge on any atom is 0.228 e. The van der Waals surface area contributed by atoms with E-state index in [0.717, 1.165) is 38.4 Å². The molecule has 3 aromatic rings. The van der Waals surface area contributed by atoms with Crippen LogP contribution in [0.4, 0.5) is 10.9 Å². The largest absolute Gasteiger partial charge is 0.340 e. The Morgan fingerprint density at radius 2 is 1.94 bits per heavy atom. The number of nitrogens with zero attached hydrogens (tertiary/aromatic N) is 4. The van der Waals surface area contributed by atoms with E-state index >= 15 is 0 Å². The number of aromatic nitrogens is 2. The fraction of sp³-hybridized carbons (Fsp3) is 0.261. The predicted octanol–water partition coefficient (Wildman–Crippen LogP) is 4.34. The van der Waals surface area contributed by atoms with Crippen LogP contribution < -0.4 is 5.32 Å². The zero-order valence-electron chi connectivity index (χ0n) is 17.1. The van der Waals surface area contributed by atoms with E-state index in [1.807, 2.05) is 28.5 Å². The molecule has 0 radical (unpaired) electrons. The summed E-state index contributed by atoms with van der Waals surface area (Å²) in [6, 6.07) is 13.9. The van der Waals surface area contributed by atoms with Crippen LogP contribution in [0.1, 0.15) is 11.3 Å². The topological polar surface area (TPSA) is 61.4 Å². The molecule has 0 bridgehead atoms. The van der Waals surface area contributed by atoms with Gasteiger partial charge >= 0.3 is 0 Å². The van der Waals surface area contributed by atoms with Crippen LogP contribution >= 0.6 is 22.9 Å². The quantitative estimate of drug-likeness (QED) is 0.576. The number of benzene rings is 1. The van der Waals surface area contributed by atoms with Crippen LogP contribution in [0.3, 0.4) is 0 Å². The summed E-state index contributed by atoms with van der Waals surface area (Å²) < 4.78 is 0. The number of carbonyl (C=O) groups is 1. The second-order valence-electron chi connectivity index (χ2n) is 7.30. The van der Waals surface area contributed by atoms with E-state index < -0.39 is 0 Å². The minimum atomic E-state index is 0.126. The highest BCUT2D eigenvalue weighted by molar-refractivity contribution is 7.13. The molecule has 160 valence electrons. The number of amides is 1. The average molecular weight is 454 g/mol. The van der Waals surface area contributed by atoms with Crippen molar-refractivity contribution in [1.82, 2.24) is 19.8 Å². The van der Waals surface area contributed by atoms with Gasteiger partial charge in [0.05, 0.1) is 17.1 Å². The minimum Gasteiger partial charge on any atom is -0.340 e. The van der Waals surface area contributed by atoms with Crippen molar-refractivity contribution in [3.05, 3.63) is 76.4 Å². The van der Waals surface area contributed by atoms with Crippen molar-refractivity contribution in [2.75, 3.05) is 38.0 Å². The first-order chi connectivity index (χ1) is 15.2. The number of hydrogen-bond acceptors (Lipinski definition) is 6. The Balaban J connectivity index is 1.21. The van der Waals surface area contributed by atoms with Crippen LogP contribution in [0.15, 0.2) is 60.1 Å². The van der Waals surface area contributed by atoms with Gasteiger partial charge in [0.1, 0.15) is 5.82 Å². The zero-order chi connectivity index (χ0) is 21.5. The molecule has 8 heteroatoms. The van der Waals surface area contributed by atoms with Gasteiger partial charge in [-0.3, -0.25) is 9.69 Å². The summed E-state index contributed by atoms with van der Waals surface area (Å²) in [5.74, 6) is 0.801. The van der Waals surface area contributed by atoms with Gasteiger partial charge < -0.3 is 10.2 Å². The SMILES string of the molecule is O=C(Cc1csc(Nc2ccc(Cl)cn2)n1)N1CCN(C/C=C/c2ccccc2)CC1. The molecule has 1 aliphatic heterocycles. The summed E-state index contributed by atoms with van der Waals surface area (Å²) in [7, 11) is 0. The van der Waals surface area contributed by atoms with Gasteiger partial charge in [0, 0.05) is 44.3 Å². The Bertz CT molecular complexity index is 1010. The minimum absolute atomic E-state index is 0.126. The number of anilines is 2. The molecule has 3 heterocycles. The normalized spacial score (nSPS) is 14.8. The molecule has 1 saturated heterocycles. The number of carbonyl (C=O) groups excluding carboxylic acids is 1. The van der Waals surface area contributed by atoms with Crippen LogP contribution in [-0.4, -0.2) is 58.4 Å². The molecule has 1 fully saturated rings. The third kappa shape index (κ3) is 6.37. The van der Waals surface area contributed by atoms with Crippen LogP contribution in [0.5, 0.6) is 0 Å². The van der Waals surface area contributed by atoms with Crippen molar-refractivity contribution in [2.24, 2.45) is 0 Å². The summed E-state index contributed by atoms with van der Waals surface area (Å²) in [4.78, 5) is 25.7. The lowest BCUT2D eigenvalue weighted by molar-refractivity contribution is -0.132. The first-order valence-electron chi connectivity index (χ1n) is 10.2. The van der Waals surface area contributed by atoms with Crippen molar-refractivity contribution < 1.29 is 4.79 Å². The molecule has 2 aromatic heterocycles. The Morgan fingerprint density at radius 1 is 1.13 bits per heavy atom. The van der Waals surface area contributed by atoms with E-state index in [1.54, 1.807) is 18.3 Å². The maximum atomic E-state index is 12.7. The number of nitrogens with one attached hydrogen (secondary N) is 1. The third-order valence-corrected chi connectivity index (χ3v) is 6.08. The lowest BCUT2D eigenvalue weighted by Gasteiger charge is -2.34. The van der Waals surface area contributed by atoms with Crippen LogP contribution in [0.25, 0.3) is 6.08 Å². The summed E-state index contributed by atoms with van der Waals surface area (Å²) in [5, 5.41) is 6.36. The summed E-state index contributed by atoms with van der Waals surface area (Å²) >= 11 is 7.32. The van der Waals surface area contributed by atoms with Gasteiger partial charge in [0.15, 0.2) is 5.13 Å². The number of piperazine rings is 1. The van der Waals surface area contributed by atoms with E-state index in [1.165, 1.54) is 16.9 Å². The monoisotopic (exact) mass is 453 g/mol. The van der Waals surface area contributed by atoms with E-state index in [9.17, 15) is 4.79 Å². The molecule has 1 aromatic carbocycles. The van der Waals surface area contributed by atoms with Gasteiger partial charge in [-0.1, -0.05) is 54.1 Å². The lowest BCUT2D eigenvalue weighted by Crippen LogP contribution is -2.49. The molecular weight excluding hydrogens is 430 g/mol. The highest BCUT2D eigenvalue weighted by Crippen LogP contribution is 2.21. The van der Waals surface area contributed by atoms with Crippen LogP contribution in [0, 0.1) is 0 Å². The van der Waals surface area contributed by atoms with E-state index in [-0.39, 0.29) is 5.91 Å². The smallest absolute Gasteiger partial charge is 0.228 e. The third-order valence-electron chi connectivity index (χ3n) is 5.04. The Morgan fingerprint density at radius 3 is 2.68 bits per heavy atom. The Labute approximate surface area is 191 Å². The zero-order valence-corrected chi connectivity index (χ0v) is 18.6. The maximum absolute atomic E-state index is 12.7. The van der Waals surface area contributed by atoms with Gasteiger partial charge in [-0.2, -0.15) is 0 Å². The van der Waals surface area contributed by atoms with E-state index in [0.29, 0.717) is 22.4 Å². The van der Waals surface area contributed by atoms with Gasteiger partial charge in [-0.25, -0.2) is 9.97 Å². The number of halogens is 1. The molecule has 0 spiro atoms. The molecule has 1 N–H and O–H groups in total. The molecule has 0 unspecified atom stereocenters.